The van der Waals surface area contributed by atoms with E-state index in [9.17, 15) is 19.8 Å². The van der Waals surface area contributed by atoms with Crippen molar-refractivity contribution in [2.24, 2.45) is 28.6 Å². The maximum Gasteiger partial charge on any atom is 0.331 e. The van der Waals surface area contributed by atoms with Crippen LogP contribution in [0.15, 0.2) is 23.3 Å². The lowest BCUT2D eigenvalue weighted by atomic mass is 9.44. The van der Waals surface area contributed by atoms with Gasteiger partial charge in [0.25, 0.3) is 0 Å². The van der Waals surface area contributed by atoms with Gasteiger partial charge in [0.1, 0.15) is 6.61 Å². The van der Waals surface area contributed by atoms with Gasteiger partial charge >= 0.3 is 5.97 Å². The Morgan fingerprint density at radius 1 is 1.07 bits per heavy atom. The largest absolute Gasteiger partial charge is 0.458 e. The van der Waals surface area contributed by atoms with Crippen molar-refractivity contribution in [2.45, 2.75) is 70.5 Å². The molecule has 1 aliphatic heterocycles. The van der Waals surface area contributed by atoms with Crippen LogP contribution in [-0.4, -0.2) is 45.8 Å². The van der Waals surface area contributed by atoms with Crippen molar-refractivity contribution >= 4 is 11.8 Å². The summed E-state index contributed by atoms with van der Waals surface area (Å²) in [5.41, 5.74) is 0.403. The molecule has 6 heteroatoms. The predicted molar refractivity (Wildman–Crippen MR) is 106 cm³/mol. The number of hydrogen-bond acceptors (Lipinski definition) is 5. The molecule has 3 fully saturated rings. The van der Waals surface area contributed by atoms with Crippen LogP contribution in [0.5, 0.6) is 0 Å². The standard InChI is InChI=1S/C23H30O5.H2O/c1-21-7-5-15(24)10-14(21)3-4-17-18(21)11-19(25)22(2)16(6-8-23(17,22)27)13-9-20(26)28-12-13;/h9-10,16-19,25,27H,3-8,11-12H2,1-2H3;1H2/t16-,17-,18+,19-,21+,22+,23+;/m1./s1. The molecule has 0 aromatic carbocycles. The molecule has 7 atom stereocenters. The lowest BCUT2D eigenvalue weighted by molar-refractivity contribution is -0.225. The van der Waals surface area contributed by atoms with E-state index in [0.29, 0.717) is 19.3 Å². The Hall–Kier alpha value is -1.50. The summed E-state index contributed by atoms with van der Waals surface area (Å²) in [5.74, 6) is 0.161. The number of allylic oxidation sites excluding steroid dienone is 1. The molecule has 0 bridgehead atoms. The number of fused-ring (bicyclic) bond motifs is 5. The summed E-state index contributed by atoms with van der Waals surface area (Å²) >= 11 is 0. The number of aliphatic hydroxyl groups is 2. The third-order valence-electron chi connectivity index (χ3n) is 9.37. The average Bonchev–Trinajstić information content (AvgIpc) is 3.19. The molecule has 4 aliphatic carbocycles. The SMILES string of the molecule is C[C@]12[C@H](O)C[C@H]3[C@@H](CCC4=CC(=O)CC[C@@]43C)[C@@]1(O)CC[C@@H]2C1=CC(=O)OC1.O. The van der Waals surface area contributed by atoms with E-state index in [-0.39, 0.29) is 47.0 Å². The maximum absolute atomic E-state index is 12.1. The number of rotatable bonds is 1. The Morgan fingerprint density at radius 3 is 2.52 bits per heavy atom. The summed E-state index contributed by atoms with van der Waals surface area (Å²) in [6.45, 7) is 4.54. The normalized spacial score (nSPS) is 48.6. The van der Waals surface area contributed by atoms with Crippen molar-refractivity contribution in [1.82, 2.24) is 0 Å². The van der Waals surface area contributed by atoms with Crippen LogP contribution in [-0.2, 0) is 14.3 Å². The molecule has 6 nitrogen and oxygen atoms in total. The highest BCUT2D eigenvalue weighted by atomic mass is 16.5. The Balaban J connectivity index is 0.00000205. The quantitative estimate of drug-likeness (QED) is 0.648. The second-order valence-corrected chi connectivity index (χ2v) is 10.2. The average molecular weight is 405 g/mol. The number of ether oxygens (including phenoxy) is 1. The van der Waals surface area contributed by atoms with Gasteiger partial charge < -0.3 is 20.4 Å². The molecule has 0 saturated heterocycles. The molecule has 160 valence electrons. The van der Waals surface area contributed by atoms with E-state index in [2.05, 4.69) is 6.92 Å². The summed E-state index contributed by atoms with van der Waals surface area (Å²) in [6.07, 6.45) is 7.91. The van der Waals surface area contributed by atoms with Crippen LogP contribution in [0, 0.1) is 28.6 Å². The highest BCUT2D eigenvalue weighted by molar-refractivity contribution is 5.91. The number of ketones is 1. The topological polar surface area (TPSA) is 115 Å². The summed E-state index contributed by atoms with van der Waals surface area (Å²) in [7, 11) is 0. The number of carbonyl (C=O) groups is 2. The molecular weight excluding hydrogens is 372 g/mol. The molecule has 0 aromatic heterocycles. The van der Waals surface area contributed by atoms with Crippen LogP contribution >= 0.6 is 0 Å². The summed E-state index contributed by atoms with van der Waals surface area (Å²) in [5, 5.41) is 23.5. The van der Waals surface area contributed by atoms with E-state index in [1.807, 2.05) is 13.0 Å². The number of cyclic esters (lactones) is 1. The Labute approximate surface area is 171 Å². The molecule has 0 spiro atoms. The van der Waals surface area contributed by atoms with Gasteiger partial charge in [-0.25, -0.2) is 4.79 Å². The minimum Gasteiger partial charge on any atom is -0.458 e. The van der Waals surface area contributed by atoms with Crippen LogP contribution in [0.4, 0.5) is 0 Å². The zero-order chi connectivity index (χ0) is 19.9. The first-order chi connectivity index (χ1) is 13.2. The predicted octanol–water partition coefficient (Wildman–Crippen LogP) is 1.88. The molecule has 3 saturated carbocycles. The zero-order valence-electron chi connectivity index (χ0n) is 17.2. The molecule has 29 heavy (non-hydrogen) atoms. The first-order valence-electron chi connectivity index (χ1n) is 10.7. The monoisotopic (exact) mass is 404 g/mol. The van der Waals surface area contributed by atoms with Crippen molar-refractivity contribution in [1.29, 1.82) is 0 Å². The van der Waals surface area contributed by atoms with Crippen molar-refractivity contribution in [2.75, 3.05) is 6.61 Å². The second-order valence-electron chi connectivity index (χ2n) is 10.2. The van der Waals surface area contributed by atoms with Crippen LogP contribution in [0.2, 0.25) is 0 Å². The fourth-order valence-electron chi connectivity index (χ4n) is 7.70. The fourth-order valence-corrected chi connectivity index (χ4v) is 7.70. The van der Waals surface area contributed by atoms with Gasteiger partial charge in [0, 0.05) is 17.9 Å². The molecule has 5 rings (SSSR count). The van der Waals surface area contributed by atoms with E-state index in [4.69, 9.17) is 4.74 Å². The molecule has 1 heterocycles. The maximum atomic E-state index is 12.1. The zero-order valence-corrected chi connectivity index (χ0v) is 17.2. The smallest absolute Gasteiger partial charge is 0.331 e. The molecule has 0 amide bonds. The van der Waals surface area contributed by atoms with Crippen LogP contribution in [0.25, 0.3) is 0 Å². The van der Waals surface area contributed by atoms with Crippen LogP contribution in [0.1, 0.15) is 58.8 Å². The van der Waals surface area contributed by atoms with Gasteiger partial charge in [-0.2, -0.15) is 0 Å². The first kappa shape index (κ1) is 20.8. The number of aliphatic hydroxyl groups excluding tert-OH is 1. The van der Waals surface area contributed by atoms with Gasteiger partial charge in [-0.3, -0.25) is 4.79 Å². The highest BCUT2D eigenvalue weighted by Gasteiger charge is 2.70. The molecule has 0 radical (unpaired) electrons. The summed E-state index contributed by atoms with van der Waals surface area (Å²) in [6, 6.07) is 0. The number of hydrogen-bond donors (Lipinski definition) is 2. The third-order valence-corrected chi connectivity index (χ3v) is 9.37. The molecular formula is C23H32O6. The molecule has 5 aliphatic rings. The molecule has 0 unspecified atom stereocenters. The van der Waals surface area contributed by atoms with Gasteiger partial charge in [-0.15, -0.1) is 0 Å². The van der Waals surface area contributed by atoms with Crippen LogP contribution < -0.4 is 0 Å². The second kappa shape index (κ2) is 6.50. The fraction of sp³-hybridized carbons (Fsp3) is 0.739. The lowest BCUT2D eigenvalue weighted by Gasteiger charge is -2.63. The van der Waals surface area contributed by atoms with E-state index >= 15 is 0 Å². The minimum atomic E-state index is -0.956. The van der Waals surface area contributed by atoms with Crippen molar-refractivity contribution in [3.8, 4) is 0 Å². The number of carbonyl (C=O) groups excluding carboxylic acids is 2. The van der Waals surface area contributed by atoms with E-state index < -0.39 is 17.1 Å². The molecule has 0 aromatic rings. The minimum absolute atomic E-state index is 0. The summed E-state index contributed by atoms with van der Waals surface area (Å²) < 4.78 is 5.14. The Kier molecular flexibility index (Phi) is 4.65. The first-order valence-corrected chi connectivity index (χ1v) is 10.7. The Bertz CT molecular complexity index is 814. The van der Waals surface area contributed by atoms with Gasteiger partial charge in [-0.1, -0.05) is 19.4 Å². The lowest BCUT2D eigenvalue weighted by Crippen LogP contribution is -2.66. The Morgan fingerprint density at radius 2 is 1.83 bits per heavy atom. The molecule has 4 N–H and O–H groups in total. The van der Waals surface area contributed by atoms with Crippen molar-refractivity contribution < 1.29 is 30.0 Å². The summed E-state index contributed by atoms with van der Waals surface area (Å²) in [4.78, 5) is 23.6. The highest BCUT2D eigenvalue weighted by Crippen LogP contribution is 2.69. The van der Waals surface area contributed by atoms with Gasteiger partial charge in [0.05, 0.1) is 11.7 Å². The number of esters is 1. The van der Waals surface area contributed by atoms with E-state index in [0.717, 1.165) is 31.3 Å². The van der Waals surface area contributed by atoms with Gasteiger partial charge in [0.2, 0.25) is 0 Å². The van der Waals surface area contributed by atoms with E-state index in [1.165, 1.54) is 5.57 Å². The van der Waals surface area contributed by atoms with Crippen molar-refractivity contribution in [3.05, 3.63) is 23.3 Å². The van der Waals surface area contributed by atoms with E-state index in [1.54, 1.807) is 6.08 Å². The third kappa shape index (κ3) is 2.52. The van der Waals surface area contributed by atoms with Gasteiger partial charge in [0.15, 0.2) is 5.78 Å². The van der Waals surface area contributed by atoms with Crippen molar-refractivity contribution in [3.63, 3.8) is 0 Å². The van der Waals surface area contributed by atoms with Crippen LogP contribution in [0.3, 0.4) is 0 Å². The van der Waals surface area contributed by atoms with Gasteiger partial charge in [-0.05, 0) is 73.3 Å².